The van der Waals surface area contributed by atoms with Crippen molar-refractivity contribution in [3.05, 3.63) is 48.0 Å². The van der Waals surface area contributed by atoms with E-state index in [1.165, 1.54) is 5.56 Å². The van der Waals surface area contributed by atoms with Gasteiger partial charge < -0.3 is 0 Å². The maximum absolute atomic E-state index is 5.14. The van der Waals surface area contributed by atoms with Gasteiger partial charge >= 0.3 is 0 Å². The SMILES string of the molecule is C/C=C/CONCc1ccccc1. The maximum Gasteiger partial charge on any atom is 0.0863 e. The van der Waals surface area contributed by atoms with Crippen LogP contribution in [0.4, 0.5) is 0 Å². The van der Waals surface area contributed by atoms with E-state index in [-0.39, 0.29) is 0 Å². The molecule has 0 heterocycles. The normalized spacial score (nSPS) is 10.8. The Morgan fingerprint density at radius 2 is 2.08 bits per heavy atom. The van der Waals surface area contributed by atoms with Crippen molar-refractivity contribution in [3.8, 4) is 0 Å². The van der Waals surface area contributed by atoms with Crippen molar-refractivity contribution < 1.29 is 4.84 Å². The summed E-state index contributed by atoms with van der Waals surface area (Å²) >= 11 is 0. The summed E-state index contributed by atoms with van der Waals surface area (Å²) in [6, 6.07) is 10.2. The number of hydrogen-bond acceptors (Lipinski definition) is 2. The van der Waals surface area contributed by atoms with E-state index in [4.69, 9.17) is 4.84 Å². The first-order chi connectivity index (χ1) is 6.43. The second kappa shape index (κ2) is 6.40. The van der Waals surface area contributed by atoms with E-state index in [2.05, 4.69) is 17.6 Å². The molecular weight excluding hydrogens is 162 g/mol. The molecule has 70 valence electrons. The molecule has 0 amide bonds. The Kier molecular flexibility index (Phi) is 4.91. The van der Waals surface area contributed by atoms with Gasteiger partial charge in [-0.15, -0.1) is 0 Å². The maximum atomic E-state index is 5.14. The number of hydroxylamine groups is 1. The Labute approximate surface area is 79.2 Å². The molecule has 0 aliphatic heterocycles. The molecule has 0 saturated heterocycles. The molecule has 0 radical (unpaired) electrons. The van der Waals surface area contributed by atoms with Gasteiger partial charge in [-0.05, 0) is 12.5 Å². The largest absolute Gasteiger partial charge is 0.297 e. The van der Waals surface area contributed by atoms with Crippen LogP contribution >= 0.6 is 0 Å². The first kappa shape index (κ1) is 9.96. The van der Waals surface area contributed by atoms with Crippen LogP contribution in [0.25, 0.3) is 0 Å². The fourth-order valence-corrected chi connectivity index (χ4v) is 0.933. The highest BCUT2D eigenvalue weighted by Crippen LogP contribution is 1.96. The number of nitrogens with one attached hydrogen (secondary N) is 1. The van der Waals surface area contributed by atoms with Gasteiger partial charge in [0.05, 0.1) is 6.61 Å². The highest BCUT2D eigenvalue weighted by Gasteiger charge is 1.88. The Bertz CT molecular complexity index is 244. The summed E-state index contributed by atoms with van der Waals surface area (Å²) in [4.78, 5) is 5.14. The third-order valence-electron chi connectivity index (χ3n) is 1.64. The summed E-state index contributed by atoms with van der Waals surface area (Å²) < 4.78 is 0. The average Bonchev–Trinajstić information content (AvgIpc) is 2.19. The van der Waals surface area contributed by atoms with Crippen LogP contribution in [0.1, 0.15) is 12.5 Å². The molecule has 1 rings (SSSR count). The zero-order valence-electron chi connectivity index (χ0n) is 7.86. The number of benzene rings is 1. The molecule has 0 atom stereocenters. The lowest BCUT2D eigenvalue weighted by Crippen LogP contribution is -2.13. The van der Waals surface area contributed by atoms with Gasteiger partial charge in [0.25, 0.3) is 0 Å². The van der Waals surface area contributed by atoms with Crippen LogP contribution in [-0.4, -0.2) is 6.61 Å². The Hall–Kier alpha value is -1.12. The minimum Gasteiger partial charge on any atom is -0.297 e. The summed E-state index contributed by atoms with van der Waals surface area (Å²) in [6.45, 7) is 3.34. The van der Waals surface area contributed by atoms with Crippen molar-refractivity contribution in [2.24, 2.45) is 0 Å². The van der Waals surface area contributed by atoms with E-state index < -0.39 is 0 Å². The molecule has 0 aliphatic rings. The van der Waals surface area contributed by atoms with E-state index in [9.17, 15) is 0 Å². The van der Waals surface area contributed by atoms with E-state index in [1.54, 1.807) is 0 Å². The average molecular weight is 177 g/mol. The van der Waals surface area contributed by atoms with Gasteiger partial charge in [0.2, 0.25) is 0 Å². The first-order valence-electron chi connectivity index (χ1n) is 4.43. The quantitative estimate of drug-likeness (QED) is 0.423. The van der Waals surface area contributed by atoms with Crippen molar-refractivity contribution in [2.75, 3.05) is 6.61 Å². The second-order valence-corrected chi connectivity index (χ2v) is 2.69. The molecule has 0 saturated carbocycles. The van der Waals surface area contributed by atoms with Gasteiger partial charge in [0, 0.05) is 6.54 Å². The van der Waals surface area contributed by atoms with Gasteiger partial charge in [-0.3, -0.25) is 4.84 Å². The minimum atomic E-state index is 0.614. The summed E-state index contributed by atoms with van der Waals surface area (Å²) in [5.74, 6) is 0. The highest BCUT2D eigenvalue weighted by atomic mass is 16.6. The zero-order chi connectivity index (χ0) is 9.36. The highest BCUT2D eigenvalue weighted by molar-refractivity contribution is 5.13. The number of rotatable bonds is 5. The molecule has 0 bridgehead atoms. The molecule has 0 spiro atoms. The lowest BCUT2D eigenvalue weighted by molar-refractivity contribution is 0.0577. The fraction of sp³-hybridized carbons (Fsp3) is 0.273. The lowest BCUT2D eigenvalue weighted by Gasteiger charge is -2.02. The fourth-order valence-electron chi connectivity index (χ4n) is 0.933. The minimum absolute atomic E-state index is 0.614. The van der Waals surface area contributed by atoms with Crippen LogP contribution in [0.3, 0.4) is 0 Å². The summed E-state index contributed by atoms with van der Waals surface area (Å²) in [5, 5.41) is 0. The molecule has 1 aromatic carbocycles. The van der Waals surface area contributed by atoms with Crippen LogP contribution in [0.15, 0.2) is 42.5 Å². The van der Waals surface area contributed by atoms with Crippen molar-refractivity contribution in [3.63, 3.8) is 0 Å². The van der Waals surface area contributed by atoms with Gasteiger partial charge in [-0.1, -0.05) is 42.5 Å². The van der Waals surface area contributed by atoms with Crippen molar-refractivity contribution in [2.45, 2.75) is 13.5 Å². The molecule has 0 aromatic heterocycles. The van der Waals surface area contributed by atoms with Crippen molar-refractivity contribution in [1.29, 1.82) is 0 Å². The van der Waals surface area contributed by atoms with E-state index >= 15 is 0 Å². The van der Waals surface area contributed by atoms with Crippen LogP contribution in [0.2, 0.25) is 0 Å². The van der Waals surface area contributed by atoms with Crippen LogP contribution in [0.5, 0.6) is 0 Å². The molecule has 2 nitrogen and oxygen atoms in total. The molecule has 13 heavy (non-hydrogen) atoms. The monoisotopic (exact) mass is 177 g/mol. The van der Waals surface area contributed by atoms with E-state index in [0.29, 0.717) is 6.61 Å². The molecule has 1 N–H and O–H groups in total. The molecular formula is C11H15NO. The summed E-state index contributed by atoms with van der Waals surface area (Å²) in [6.07, 6.45) is 3.92. The first-order valence-corrected chi connectivity index (χ1v) is 4.43. The lowest BCUT2D eigenvalue weighted by atomic mass is 10.2. The van der Waals surface area contributed by atoms with E-state index in [0.717, 1.165) is 6.54 Å². The van der Waals surface area contributed by atoms with Crippen LogP contribution in [-0.2, 0) is 11.4 Å². The molecule has 0 fully saturated rings. The molecule has 2 heteroatoms. The molecule has 0 unspecified atom stereocenters. The Morgan fingerprint density at radius 3 is 2.77 bits per heavy atom. The second-order valence-electron chi connectivity index (χ2n) is 2.69. The zero-order valence-corrected chi connectivity index (χ0v) is 7.86. The Balaban J connectivity index is 2.13. The Morgan fingerprint density at radius 1 is 1.31 bits per heavy atom. The standard InChI is InChI=1S/C11H15NO/c1-2-3-9-13-12-10-11-7-5-4-6-8-11/h2-8,12H,9-10H2,1H3/b3-2+. The van der Waals surface area contributed by atoms with Crippen LogP contribution in [0, 0.1) is 0 Å². The summed E-state index contributed by atoms with van der Waals surface area (Å²) in [7, 11) is 0. The van der Waals surface area contributed by atoms with Crippen molar-refractivity contribution >= 4 is 0 Å². The van der Waals surface area contributed by atoms with Gasteiger partial charge in [-0.25, -0.2) is 0 Å². The predicted molar refractivity (Wildman–Crippen MR) is 54.0 cm³/mol. The third-order valence-corrected chi connectivity index (χ3v) is 1.64. The third kappa shape index (κ3) is 4.45. The van der Waals surface area contributed by atoms with Crippen LogP contribution < -0.4 is 5.48 Å². The number of hydrogen-bond donors (Lipinski definition) is 1. The van der Waals surface area contributed by atoms with Gasteiger partial charge in [0.1, 0.15) is 0 Å². The summed E-state index contributed by atoms with van der Waals surface area (Å²) in [5.41, 5.74) is 4.11. The molecule has 0 aliphatic carbocycles. The van der Waals surface area contributed by atoms with Crippen molar-refractivity contribution in [1.82, 2.24) is 5.48 Å². The smallest absolute Gasteiger partial charge is 0.0863 e. The number of allylic oxidation sites excluding steroid dienone is 1. The topological polar surface area (TPSA) is 21.3 Å². The molecule has 1 aromatic rings. The van der Waals surface area contributed by atoms with E-state index in [1.807, 2.05) is 37.3 Å². The predicted octanol–water partition coefficient (Wildman–Crippen LogP) is 2.28. The van der Waals surface area contributed by atoms with Gasteiger partial charge in [0.15, 0.2) is 0 Å². The van der Waals surface area contributed by atoms with Gasteiger partial charge in [-0.2, -0.15) is 5.48 Å².